The molecule has 0 aliphatic rings. The normalized spacial score (nSPS) is 10.5. The third kappa shape index (κ3) is 2.84. The molecule has 0 fully saturated rings. The number of nitrogens with two attached hydrogens (primary N) is 1. The van der Waals surface area contributed by atoms with Crippen molar-refractivity contribution in [1.29, 1.82) is 0 Å². The monoisotopic (exact) mass is 226 g/mol. The summed E-state index contributed by atoms with van der Waals surface area (Å²) in [6, 6.07) is 10.8. The van der Waals surface area contributed by atoms with Crippen LogP contribution in [-0.2, 0) is 12.8 Å². The van der Waals surface area contributed by atoms with Crippen LogP contribution in [0.5, 0.6) is 0 Å². The lowest BCUT2D eigenvalue weighted by atomic mass is 10.0. The summed E-state index contributed by atoms with van der Waals surface area (Å²) >= 11 is 0. The summed E-state index contributed by atoms with van der Waals surface area (Å²) in [5.74, 6) is 0.634. The minimum Gasteiger partial charge on any atom is -0.383 e. The molecule has 1 heterocycles. The van der Waals surface area contributed by atoms with Gasteiger partial charge in [-0.25, -0.2) is 4.98 Å². The lowest BCUT2D eigenvalue weighted by molar-refractivity contribution is 1.11. The number of benzene rings is 1. The van der Waals surface area contributed by atoms with E-state index in [-0.39, 0.29) is 0 Å². The van der Waals surface area contributed by atoms with Crippen molar-refractivity contribution in [2.45, 2.75) is 26.7 Å². The zero-order valence-corrected chi connectivity index (χ0v) is 10.4. The van der Waals surface area contributed by atoms with Crippen LogP contribution in [0.2, 0.25) is 0 Å². The van der Waals surface area contributed by atoms with Crippen molar-refractivity contribution in [2.24, 2.45) is 0 Å². The summed E-state index contributed by atoms with van der Waals surface area (Å²) < 4.78 is 0. The molecule has 0 aliphatic heterocycles. The smallest absolute Gasteiger partial charge is 0.126 e. The van der Waals surface area contributed by atoms with Gasteiger partial charge in [0.25, 0.3) is 0 Å². The highest BCUT2D eigenvalue weighted by molar-refractivity contribution is 5.43. The summed E-state index contributed by atoms with van der Waals surface area (Å²) in [5, 5.41) is 0. The van der Waals surface area contributed by atoms with Gasteiger partial charge in [0.2, 0.25) is 0 Å². The predicted molar refractivity (Wildman–Crippen MR) is 72.0 cm³/mol. The fourth-order valence-electron chi connectivity index (χ4n) is 1.89. The van der Waals surface area contributed by atoms with Crippen molar-refractivity contribution in [3.8, 4) is 0 Å². The molecule has 17 heavy (non-hydrogen) atoms. The number of aromatic nitrogens is 1. The molecule has 2 rings (SSSR count). The van der Waals surface area contributed by atoms with Crippen LogP contribution in [0, 0.1) is 6.92 Å². The van der Waals surface area contributed by atoms with Crippen LogP contribution in [0.1, 0.15) is 29.2 Å². The SMILES string of the molecule is CCc1ccc(Cc2cc(C)cnc2N)cc1. The molecule has 88 valence electrons. The van der Waals surface area contributed by atoms with E-state index in [1.807, 2.05) is 6.92 Å². The molecule has 2 N–H and O–H groups in total. The first-order chi connectivity index (χ1) is 8.19. The van der Waals surface area contributed by atoms with Crippen LogP contribution in [0.3, 0.4) is 0 Å². The zero-order valence-electron chi connectivity index (χ0n) is 10.4. The fraction of sp³-hybridized carbons (Fsp3) is 0.267. The van der Waals surface area contributed by atoms with Gasteiger partial charge in [-0.3, -0.25) is 0 Å². The van der Waals surface area contributed by atoms with Crippen molar-refractivity contribution in [3.63, 3.8) is 0 Å². The van der Waals surface area contributed by atoms with Gasteiger partial charge < -0.3 is 5.73 Å². The van der Waals surface area contributed by atoms with E-state index >= 15 is 0 Å². The van der Waals surface area contributed by atoms with E-state index in [0.29, 0.717) is 5.82 Å². The minimum atomic E-state index is 0.634. The molecule has 0 aliphatic carbocycles. The molecule has 0 saturated heterocycles. The maximum absolute atomic E-state index is 5.88. The van der Waals surface area contributed by atoms with E-state index in [0.717, 1.165) is 24.0 Å². The molecular formula is C15H18N2. The molecule has 1 aromatic heterocycles. The molecule has 2 nitrogen and oxygen atoms in total. The molecule has 0 unspecified atom stereocenters. The maximum Gasteiger partial charge on any atom is 0.126 e. The number of hydrogen-bond acceptors (Lipinski definition) is 2. The molecular weight excluding hydrogens is 208 g/mol. The van der Waals surface area contributed by atoms with E-state index in [4.69, 9.17) is 5.73 Å². The summed E-state index contributed by atoms with van der Waals surface area (Å²) in [5.41, 5.74) is 10.8. The van der Waals surface area contributed by atoms with E-state index in [1.54, 1.807) is 6.20 Å². The number of anilines is 1. The average molecular weight is 226 g/mol. The largest absolute Gasteiger partial charge is 0.383 e. The fourth-order valence-corrected chi connectivity index (χ4v) is 1.89. The summed E-state index contributed by atoms with van der Waals surface area (Å²) in [6.07, 6.45) is 3.73. The Bertz CT molecular complexity index is 501. The second-order valence-corrected chi connectivity index (χ2v) is 4.40. The van der Waals surface area contributed by atoms with E-state index < -0.39 is 0 Å². The second-order valence-electron chi connectivity index (χ2n) is 4.40. The number of rotatable bonds is 3. The standard InChI is InChI=1S/C15H18N2/c1-3-12-4-6-13(7-5-12)9-14-8-11(2)10-17-15(14)16/h4-8,10H,3,9H2,1-2H3,(H2,16,17). The highest BCUT2D eigenvalue weighted by Gasteiger charge is 2.02. The first-order valence-corrected chi connectivity index (χ1v) is 5.98. The Labute approximate surface area is 103 Å². The van der Waals surface area contributed by atoms with Crippen LogP contribution >= 0.6 is 0 Å². The first-order valence-electron chi connectivity index (χ1n) is 5.98. The lowest BCUT2D eigenvalue weighted by Crippen LogP contribution is -1.99. The third-order valence-corrected chi connectivity index (χ3v) is 2.96. The van der Waals surface area contributed by atoms with Gasteiger partial charge in [-0.15, -0.1) is 0 Å². The molecule has 0 bridgehead atoms. The summed E-state index contributed by atoms with van der Waals surface area (Å²) in [4.78, 5) is 4.19. The topological polar surface area (TPSA) is 38.9 Å². The average Bonchev–Trinajstić information content (AvgIpc) is 2.35. The molecule has 2 heteroatoms. The van der Waals surface area contributed by atoms with Gasteiger partial charge in [0.1, 0.15) is 5.82 Å². The summed E-state index contributed by atoms with van der Waals surface area (Å²) in [6.45, 7) is 4.20. The van der Waals surface area contributed by atoms with E-state index in [2.05, 4.69) is 42.2 Å². The van der Waals surface area contributed by atoms with Crippen molar-refractivity contribution in [1.82, 2.24) is 4.98 Å². The van der Waals surface area contributed by atoms with E-state index in [1.165, 1.54) is 11.1 Å². The second kappa shape index (κ2) is 5.00. The Morgan fingerprint density at radius 1 is 1.12 bits per heavy atom. The molecule has 0 spiro atoms. The van der Waals surface area contributed by atoms with Crippen molar-refractivity contribution >= 4 is 5.82 Å². The molecule has 1 aromatic carbocycles. The highest BCUT2D eigenvalue weighted by Crippen LogP contribution is 2.16. The maximum atomic E-state index is 5.88. The molecule has 0 atom stereocenters. The van der Waals surface area contributed by atoms with Crippen LogP contribution in [0.25, 0.3) is 0 Å². The van der Waals surface area contributed by atoms with Crippen molar-refractivity contribution in [2.75, 3.05) is 5.73 Å². The Morgan fingerprint density at radius 3 is 2.41 bits per heavy atom. The zero-order chi connectivity index (χ0) is 12.3. The van der Waals surface area contributed by atoms with Crippen LogP contribution in [0.15, 0.2) is 36.5 Å². The van der Waals surface area contributed by atoms with Crippen LogP contribution in [0.4, 0.5) is 5.82 Å². The Morgan fingerprint density at radius 2 is 1.76 bits per heavy atom. The summed E-state index contributed by atoms with van der Waals surface area (Å²) in [7, 11) is 0. The van der Waals surface area contributed by atoms with Gasteiger partial charge in [0.15, 0.2) is 0 Å². The van der Waals surface area contributed by atoms with Gasteiger partial charge in [-0.1, -0.05) is 37.3 Å². The molecule has 0 amide bonds. The minimum absolute atomic E-state index is 0.634. The molecule has 0 radical (unpaired) electrons. The first kappa shape index (κ1) is 11.6. The number of nitrogen functional groups attached to an aromatic ring is 1. The number of aryl methyl sites for hydroxylation is 2. The highest BCUT2D eigenvalue weighted by atomic mass is 14.8. The molecule has 0 saturated carbocycles. The van der Waals surface area contributed by atoms with Gasteiger partial charge >= 0.3 is 0 Å². The number of nitrogens with zero attached hydrogens (tertiary/aromatic N) is 1. The lowest BCUT2D eigenvalue weighted by Gasteiger charge is -2.06. The van der Waals surface area contributed by atoms with E-state index in [9.17, 15) is 0 Å². The Hall–Kier alpha value is -1.83. The number of pyridine rings is 1. The Kier molecular flexibility index (Phi) is 3.43. The predicted octanol–water partition coefficient (Wildman–Crippen LogP) is 3.13. The van der Waals surface area contributed by atoms with Crippen molar-refractivity contribution < 1.29 is 0 Å². The quantitative estimate of drug-likeness (QED) is 0.873. The van der Waals surface area contributed by atoms with Gasteiger partial charge in [0, 0.05) is 12.6 Å². The molecule has 2 aromatic rings. The van der Waals surface area contributed by atoms with Crippen LogP contribution in [-0.4, -0.2) is 4.98 Å². The van der Waals surface area contributed by atoms with Crippen molar-refractivity contribution in [3.05, 3.63) is 58.8 Å². The van der Waals surface area contributed by atoms with Gasteiger partial charge in [-0.05, 0) is 35.6 Å². The number of hydrogen-bond donors (Lipinski definition) is 1. The third-order valence-electron chi connectivity index (χ3n) is 2.96. The van der Waals surface area contributed by atoms with Crippen LogP contribution < -0.4 is 5.73 Å². The Balaban J connectivity index is 2.22. The van der Waals surface area contributed by atoms with Gasteiger partial charge in [0.05, 0.1) is 0 Å². The van der Waals surface area contributed by atoms with Gasteiger partial charge in [-0.2, -0.15) is 0 Å².